The standard InChI is InChI=1S/C48H33NO2Si/c1-52(2)44-27-26-39-37-13-6-8-17-43(37)51-48(39)46(44)40-25-24-35(29-45(40)52)49(41-15-9-14-38-36-12-5-7-16-42(36)50-47(38)41)34-22-20-31(21-23-34)33-19-18-30-10-3-4-11-32(30)28-33/h3-29H,1-2H3. The maximum atomic E-state index is 6.66. The van der Waals surface area contributed by atoms with Gasteiger partial charge in [-0.1, -0.05) is 128 Å². The summed E-state index contributed by atoms with van der Waals surface area (Å²) in [6, 6.07) is 59.1. The first-order chi connectivity index (χ1) is 25.5. The molecule has 0 N–H and O–H groups in total. The van der Waals surface area contributed by atoms with E-state index in [4.69, 9.17) is 8.83 Å². The summed E-state index contributed by atoms with van der Waals surface area (Å²) in [6.07, 6.45) is 0. The Morgan fingerprint density at radius 1 is 0.442 bits per heavy atom. The third kappa shape index (κ3) is 4.19. The molecular weight excluding hydrogens is 651 g/mol. The van der Waals surface area contributed by atoms with Gasteiger partial charge in [-0.2, -0.15) is 0 Å². The van der Waals surface area contributed by atoms with Gasteiger partial charge in [-0.3, -0.25) is 0 Å². The van der Waals surface area contributed by atoms with Crippen molar-refractivity contribution in [1.29, 1.82) is 0 Å². The number of anilines is 3. The summed E-state index contributed by atoms with van der Waals surface area (Å²) < 4.78 is 13.3. The molecule has 0 fully saturated rings. The highest BCUT2D eigenvalue weighted by atomic mass is 28.3. The van der Waals surface area contributed by atoms with E-state index in [1.165, 1.54) is 54.2 Å². The van der Waals surface area contributed by atoms with E-state index >= 15 is 0 Å². The van der Waals surface area contributed by atoms with Crippen LogP contribution in [0.25, 0.3) is 76.9 Å². The molecule has 0 radical (unpaired) electrons. The second-order valence-electron chi connectivity index (χ2n) is 14.5. The Hall–Kier alpha value is -6.36. The lowest BCUT2D eigenvalue weighted by Crippen LogP contribution is -2.49. The van der Waals surface area contributed by atoms with Crippen molar-refractivity contribution in [2.75, 3.05) is 4.90 Å². The van der Waals surface area contributed by atoms with E-state index in [0.29, 0.717) is 0 Å². The van der Waals surface area contributed by atoms with Crippen LogP contribution in [0.1, 0.15) is 0 Å². The summed E-state index contributed by atoms with van der Waals surface area (Å²) in [5, 5.41) is 9.93. The van der Waals surface area contributed by atoms with Crippen LogP contribution in [0.4, 0.5) is 17.1 Å². The second-order valence-corrected chi connectivity index (χ2v) is 18.8. The third-order valence-electron chi connectivity index (χ3n) is 11.3. The van der Waals surface area contributed by atoms with Crippen LogP contribution in [0.3, 0.4) is 0 Å². The SMILES string of the molecule is C[Si]1(C)c2cc(N(c3ccc(-c4ccc5ccccc5c4)cc3)c3cccc4c3oc3ccccc34)ccc2-c2c1ccc1c2oc2ccccc21. The van der Waals surface area contributed by atoms with Gasteiger partial charge in [0.1, 0.15) is 24.8 Å². The third-order valence-corrected chi connectivity index (χ3v) is 14.8. The predicted octanol–water partition coefficient (Wildman–Crippen LogP) is 12.6. The van der Waals surface area contributed by atoms with E-state index in [9.17, 15) is 0 Å². The molecule has 0 saturated heterocycles. The summed E-state index contributed by atoms with van der Waals surface area (Å²) in [4.78, 5) is 2.37. The molecule has 10 aromatic rings. The van der Waals surface area contributed by atoms with Gasteiger partial charge in [0.05, 0.1) is 5.69 Å². The molecule has 4 heteroatoms. The van der Waals surface area contributed by atoms with Crippen LogP contribution >= 0.6 is 0 Å². The molecule has 3 heterocycles. The zero-order valence-corrected chi connectivity index (χ0v) is 29.9. The van der Waals surface area contributed by atoms with E-state index in [2.05, 4.69) is 176 Å². The predicted molar refractivity (Wildman–Crippen MR) is 221 cm³/mol. The number of para-hydroxylation sites is 3. The molecule has 1 aliphatic heterocycles. The van der Waals surface area contributed by atoms with Crippen molar-refractivity contribution in [2.45, 2.75) is 13.1 Å². The molecule has 0 unspecified atom stereocenters. The molecule has 0 atom stereocenters. The molecule has 11 rings (SSSR count). The topological polar surface area (TPSA) is 29.5 Å². The average Bonchev–Trinajstić information content (AvgIpc) is 3.83. The van der Waals surface area contributed by atoms with Crippen molar-refractivity contribution in [3.05, 3.63) is 164 Å². The Bertz CT molecular complexity index is 3060. The van der Waals surface area contributed by atoms with Gasteiger partial charge < -0.3 is 13.7 Å². The van der Waals surface area contributed by atoms with Crippen LogP contribution in [-0.4, -0.2) is 8.07 Å². The number of furan rings is 2. The monoisotopic (exact) mass is 683 g/mol. The summed E-state index contributed by atoms with van der Waals surface area (Å²) in [6.45, 7) is 4.94. The fraction of sp³-hybridized carbons (Fsp3) is 0.0417. The van der Waals surface area contributed by atoms with E-state index in [-0.39, 0.29) is 0 Å². The number of hydrogen-bond acceptors (Lipinski definition) is 3. The Kier molecular flexibility index (Phi) is 6.11. The van der Waals surface area contributed by atoms with Gasteiger partial charge in [0.15, 0.2) is 5.58 Å². The Morgan fingerprint density at radius 3 is 1.87 bits per heavy atom. The minimum Gasteiger partial charge on any atom is -0.455 e. The summed E-state index contributed by atoms with van der Waals surface area (Å²) >= 11 is 0. The van der Waals surface area contributed by atoms with E-state index < -0.39 is 8.07 Å². The molecule has 8 aromatic carbocycles. The molecule has 1 aliphatic rings. The first-order valence-electron chi connectivity index (χ1n) is 17.9. The quantitative estimate of drug-likeness (QED) is 0.173. The van der Waals surface area contributed by atoms with Gasteiger partial charge in [-0.25, -0.2) is 0 Å². The van der Waals surface area contributed by atoms with Crippen molar-refractivity contribution >= 4 is 90.2 Å². The van der Waals surface area contributed by atoms with Gasteiger partial charge >= 0.3 is 0 Å². The smallest absolute Gasteiger partial charge is 0.159 e. The normalized spacial score (nSPS) is 13.3. The van der Waals surface area contributed by atoms with Crippen LogP contribution in [0.5, 0.6) is 0 Å². The maximum absolute atomic E-state index is 6.66. The number of benzene rings is 8. The van der Waals surface area contributed by atoms with E-state index in [0.717, 1.165) is 50.2 Å². The van der Waals surface area contributed by atoms with Crippen molar-refractivity contribution in [3.8, 4) is 22.3 Å². The largest absolute Gasteiger partial charge is 0.455 e. The molecule has 3 nitrogen and oxygen atoms in total. The molecule has 246 valence electrons. The van der Waals surface area contributed by atoms with Crippen LogP contribution in [0.2, 0.25) is 13.1 Å². The zero-order valence-electron chi connectivity index (χ0n) is 28.9. The van der Waals surface area contributed by atoms with Crippen molar-refractivity contribution < 1.29 is 8.83 Å². The van der Waals surface area contributed by atoms with Gasteiger partial charge in [0.2, 0.25) is 0 Å². The Balaban J connectivity index is 1.10. The van der Waals surface area contributed by atoms with Crippen molar-refractivity contribution in [2.24, 2.45) is 0 Å². The summed E-state index contributed by atoms with van der Waals surface area (Å²) in [5.74, 6) is 0. The van der Waals surface area contributed by atoms with Crippen LogP contribution < -0.4 is 15.3 Å². The lowest BCUT2D eigenvalue weighted by molar-refractivity contribution is 0.669. The first kappa shape index (κ1) is 29.4. The lowest BCUT2D eigenvalue weighted by Gasteiger charge is -2.27. The Morgan fingerprint density at radius 2 is 1.08 bits per heavy atom. The zero-order chi connectivity index (χ0) is 34.6. The van der Waals surface area contributed by atoms with Crippen molar-refractivity contribution in [1.82, 2.24) is 0 Å². The number of nitrogens with zero attached hydrogens (tertiary/aromatic N) is 1. The summed E-state index contributed by atoms with van der Waals surface area (Å²) in [5.41, 5.74) is 11.8. The number of hydrogen-bond donors (Lipinski definition) is 0. The minimum absolute atomic E-state index is 0.881. The van der Waals surface area contributed by atoms with Gasteiger partial charge in [0, 0.05) is 38.5 Å². The maximum Gasteiger partial charge on any atom is 0.159 e. The minimum atomic E-state index is -2.09. The Labute approximate surface area is 302 Å². The van der Waals surface area contributed by atoms with Gasteiger partial charge in [0.25, 0.3) is 0 Å². The molecule has 0 bridgehead atoms. The average molecular weight is 684 g/mol. The molecule has 0 saturated carbocycles. The van der Waals surface area contributed by atoms with Crippen LogP contribution in [0, 0.1) is 0 Å². The van der Waals surface area contributed by atoms with E-state index in [1.54, 1.807) is 0 Å². The second kappa shape index (κ2) is 10.8. The molecule has 2 aromatic heterocycles. The molecule has 0 aliphatic carbocycles. The molecule has 0 spiro atoms. The molecular formula is C48H33NO2Si. The molecule has 52 heavy (non-hydrogen) atoms. The summed E-state index contributed by atoms with van der Waals surface area (Å²) in [7, 11) is -2.09. The van der Waals surface area contributed by atoms with E-state index in [1.807, 2.05) is 6.07 Å². The fourth-order valence-electron chi connectivity index (χ4n) is 8.64. The lowest BCUT2D eigenvalue weighted by atomic mass is 10.0. The van der Waals surface area contributed by atoms with Gasteiger partial charge in [-0.15, -0.1) is 0 Å². The highest BCUT2D eigenvalue weighted by molar-refractivity contribution is 7.04. The molecule has 0 amide bonds. The highest BCUT2D eigenvalue weighted by Gasteiger charge is 2.40. The van der Waals surface area contributed by atoms with Crippen molar-refractivity contribution in [3.63, 3.8) is 0 Å². The first-order valence-corrected chi connectivity index (χ1v) is 20.9. The van der Waals surface area contributed by atoms with Crippen LogP contribution in [-0.2, 0) is 0 Å². The number of rotatable bonds is 4. The fourth-order valence-corrected chi connectivity index (χ4v) is 11.7. The van der Waals surface area contributed by atoms with Gasteiger partial charge in [-0.05, 0) is 86.4 Å². The number of fused-ring (bicyclic) bond motifs is 11. The highest BCUT2D eigenvalue weighted by Crippen LogP contribution is 2.45. The van der Waals surface area contributed by atoms with Crippen LogP contribution in [0.15, 0.2) is 173 Å².